The number of hydrazone groups is 2. The molecule has 0 amide bonds. The molecule has 1 saturated carbocycles. The lowest BCUT2D eigenvalue weighted by molar-refractivity contribution is 0.598. The lowest BCUT2D eigenvalue weighted by Crippen LogP contribution is -2.41. The summed E-state index contributed by atoms with van der Waals surface area (Å²) < 4.78 is 0. The molecule has 0 bridgehead atoms. The maximum atomic E-state index is 5.19. The zero-order valence-corrected chi connectivity index (χ0v) is 16.9. The number of pyridine rings is 1. The molecule has 0 atom stereocenters. The van der Waals surface area contributed by atoms with Crippen LogP contribution in [0.4, 0.5) is 0 Å². The molecule has 2 rings (SSSR count). The highest BCUT2D eigenvalue weighted by Crippen LogP contribution is 2.42. The number of nitrogens with zero attached hydrogens (tertiary/aromatic N) is 3. The van der Waals surface area contributed by atoms with Crippen LogP contribution in [0.25, 0.3) is 0 Å². The van der Waals surface area contributed by atoms with Gasteiger partial charge in [-0.1, -0.05) is 12.8 Å². The first-order valence-electron chi connectivity index (χ1n) is 8.52. The normalized spacial score (nSPS) is 16.7. The Balaban J connectivity index is 2.46. The standard InChI is InChI=1S/C17H25N7S2/c1-12(21-23-15(25)18-2)14(22-24-16(26)19-3)17(8-4-5-9-17)13-6-10-20-11-7-13/h6-7,10-11H,4-5,8-9H2,1-3H3,(H2,18,23,25)(H2,19,24,26)/b21-12+,22-14-. The molecule has 9 heteroatoms. The first-order valence-corrected chi connectivity index (χ1v) is 9.34. The van der Waals surface area contributed by atoms with Gasteiger partial charge in [0.2, 0.25) is 0 Å². The summed E-state index contributed by atoms with van der Waals surface area (Å²) in [5, 5.41) is 15.7. The highest BCUT2D eigenvalue weighted by Gasteiger charge is 2.42. The molecule has 4 N–H and O–H groups in total. The summed E-state index contributed by atoms with van der Waals surface area (Å²) in [6, 6.07) is 4.10. The van der Waals surface area contributed by atoms with Crippen LogP contribution in [-0.2, 0) is 5.41 Å². The predicted octanol–water partition coefficient (Wildman–Crippen LogP) is 1.81. The van der Waals surface area contributed by atoms with E-state index in [0.717, 1.165) is 37.1 Å². The van der Waals surface area contributed by atoms with Crippen molar-refractivity contribution in [2.24, 2.45) is 10.2 Å². The van der Waals surface area contributed by atoms with Crippen molar-refractivity contribution in [3.05, 3.63) is 30.1 Å². The summed E-state index contributed by atoms with van der Waals surface area (Å²) >= 11 is 10.3. The molecule has 26 heavy (non-hydrogen) atoms. The molecular weight excluding hydrogens is 366 g/mol. The first-order chi connectivity index (χ1) is 12.5. The minimum atomic E-state index is -0.226. The smallest absolute Gasteiger partial charge is 0.186 e. The van der Waals surface area contributed by atoms with Crippen molar-refractivity contribution in [1.82, 2.24) is 26.5 Å². The van der Waals surface area contributed by atoms with Gasteiger partial charge in [-0.3, -0.25) is 15.8 Å². The SMILES string of the molecule is CNC(=S)N/N=C(C)/C(=N/NC(=S)NC)C1(c2ccncc2)CCCC1. The summed E-state index contributed by atoms with van der Waals surface area (Å²) in [7, 11) is 3.50. The van der Waals surface area contributed by atoms with Crippen molar-refractivity contribution in [2.75, 3.05) is 14.1 Å². The summed E-state index contributed by atoms with van der Waals surface area (Å²) in [6.45, 7) is 1.93. The summed E-state index contributed by atoms with van der Waals surface area (Å²) in [4.78, 5) is 4.16. The number of hydrogen-bond donors (Lipinski definition) is 4. The van der Waals surface area contributed by atoms with Crippen molar-refractivity contribution >= 4 is 46.1 Å². The van der Waals surface area contributed by atoms with Crippen molar-refractivity contribution in [1.29, 1.82) is 0 Å². The number of nitrogens with one attached hydrogen (secondary N) is 4. The van der Waals surface area contributed by atoms with E-state index in [2.05, 4.69) is 48.8 Å². The minimum Gasteiger partial charge on any atom is -0.364 e. The second-order valence-corrected chi connectivity index (χ2v) is 6.88. The van der Waals surface area contributed by atoms with E-state index in [1.807, 2.05) is 19.3 Å². The molecule has 0 unspecified atom stereocenters. The van der Waals surface area contributed by atoms with Crippen LogP contribution in [0.1, 0.15) is 38.2 Å². The maximum Gasteiger partial charge on any atom is 0.186 e. The molecule has 1 fully saturated rings. The number of hydrogen-bond acceptors (Lipinski definition) is 5. The molecule has 0 radical (unpaired) electrons. The van der Waals surface area contributed by atoms with Gasteiger partial charge in [-0.25, -0.2) is 0 Å². The van der Waals surface area contributed by atoms with Crippen LogP contribution in [0.15, 0.2) is 34.7 Å². The van der Waals surface area contributed by atoms with Gasteiger partial charge in [0.05, 0.1) is 11.4 Å². The van der Waals surface area contributed by atoms with E-state index in [1.165, 1.54) is 5.56 Å². The van der Waals surface area contributed by atoms with Gasteiger partial charge in [0.1, 0.15) is 0 Å². The van der Waals surface area contributed by atoms with E-state index >= 15 is 0 Å². The largest absolute Gasteiger partial charge is 0.364 e. The van der Waals surface area contributed by atoms with Crippen LogP contribution in [0.5, 0.6) is 0 Å². The zero-order chi connectivity index (χ0) is 19.0. The Hall–Kier alpha value is -2.13. The van der Waals surface area contributed by atoms with Gasteiger partial charge in [-0.05, 0) is 61.9 Å². The van der Waals surface area contributed by atoms with Gasteiger partial charge >= 0.3 is 0 Å². The van der Waals surface area contributed by atoms with E-state index in [-0.39, 0.29) is 5.41 Å². The molecule has 0 saturated heterocycles. The van der Waals surface area contributed by atoms with Crippen molar-refractivity contribution in [3.63, 3.8) is 0 Å². The van der Waals surface area contributed by atoms with Crippen LogP contribution in [0.2, 0.25) is 0 Å². The number of thiocarbonyl (C=S) groups is 2. The van der Waals surface area contributed by atoms with E-state index in [4.69, 9.17) is 24.4 Å². The van der Waals surface area contributed by atoms with Crippen molar-refractivity contribution in [3.8, 4) is 0 Å². The number of aromatic nitrogens is 1. The topological polar surface area (TPSA) is 85.7 Å². The fraction of sp³-hybridized carbons (Fsp3) is 0.471. The average molecular weight is 392 g/mol. The monoisotopic (exact) mass is 391 g/mol. The van der Waals surface area contributed by atoms with E-state index in [1.54, 1.807) is 14.1 Å². The molecule has 0 spiro atoms. The highest BCUT2D eigenvalue weighted by molar-refractivity contribution is 7.80. The molecule has 1 aromatic rings. The molecule has 140 valence electrons. The van der Waals surface area contributed by atoms with Gasteiger partial charge in [0.25, 0.3) is 0 Å². The molecule has 0 aliphatic heterocycles. The van der Waals surface area contributed by atoms with Crippen LogP contribution in [0, 0.1) is 0 Å². The summed E-state index contributed by atoms with van der Waals surface area (Å²) in [5.74, 6) is 0. The van der Waals surface area contributed by atoms with E-state index < -0.39 is 0 Å². The second-order valence-electron chi connectivity index (χ2n) is 6.06. The molecular formula is C17H25N7S2. The number of rotatable bonds is 5. The minimum absolute atomic E-state index is 0.226. The molecule has 1 aromatic heterocycles. The molecule has 0 aromatic carbocycles. The van der Waals surface area contributed by atoms with Gasteiger partial charge in [0.15, 0.2) is 10.2 Å². The van der Waals surface area contributed by atoms with Gasteiger partial charge in [0, 0.05) is 31.9 Å². The Kier molecular flexibility index (Phi) is 7.40. The highest BCUT2D eigenvalue weighted by atomic mass is 32.1. The fourth-order valence-electron chi connectivity index (χ4n) is 3.25. The third-order valence-electron chi connectivity index (χ3n) is 4.53. The summed E-state index contributed by atoms with van der Waals surface area (Å²) in [6.07, 6.45) is 7.89. The Morgan fingerprint density at radius 1 is 1.00 bits per heavy atom. The average Bonchev–Trinajstić information content (AvgIpc) is 3.17. The molecule has 1 heterocycles. The van der Waals surface area contributed by atoms with Crippen LogP contribution < -0.4 is 21.5 Å². The Bertz CT molecular complexity index is 694. The molecule has 7 nitrogen and oxygen atoms in total. The van der Waals surface area contributed by atoms with Crippen molar-refractivity contribution in [2.45, 2.75) is 38.0 Å². The van der Waals surface area contributed by atoms with E-state index in [0.29, 0.717) is 10.2 Å². The maximum absolute atomic E-state index is 5.19. The Labute approximate surface area is 165 Å². The molecule has 1 aliphatic rings. The van der Waals surface area contributed by atoms with Crippen LogP contribution in [-0.4, -0.2) is 40.7 Å². The van der Waals surface area contributed by atoms with Crippen LogP contribution >= 0.6 is 24.4 Å². The quantitative estimate of drug-likeness (QED) is 0.346. The Morgan fingerprint density at radius 3 is 2.08 bits per heavy atom. The third kappa shape index (κ3) is 4.73. The first kappa shape index (κ1) is 20.2. The second kappa shape index (κ2) is 9.54. The van der Waals surface area contributed by atoms with Crippen molar-refractivity contribution < 1.29 is 0 Å². The van der Waals surface area contributed by atoms with Gasteiger partial charge in [-0.15, -0.1) is 0 Å². The fourth-order valence-corrected chi connectivity index (χ4v) is 3.34. The van der Waals surface area contributed by atoms with Gasteiger partial charge < -0.3 is 10.6 Å². The lowest BCUT2D eigenvalue weighted by Gasteiger charge is -2.31. The Morgan fingerprint density at radius 2 is 1.54 bits per heavy atom. The third-order valence-corrected chi connectivity index (χ3v) is 5.13. The summed E-state index contributed by atoms with van der Waals surface area (Å²) in [5.41, 5.74) is 8.34. The van der Waals surface area contributed by atoms with Gasteiger partial charge in [-0.2, -0.15) is 10.2 Å². The van der Waals surface area contributed by atoms with Crippen LogP contribution in [0.3, 0.4) is 0 Å². The lowest BCUT2D eigenvalue weighted by atomic mass is 9.73. The van der Waals surface area contributed by atoms with E-state index in [9.17, 15) is 0 Å². The zero-order valence-electron chi connectivity index (χ0n) is 15.3. The predicted molar refractivity (Wildman–Crippen MR) is 115 cm³/mol. The molecule has 1 aliphatic carbocycles.